The molecule has 0 saturated heterocycles. The van der Waals surface area contributed by atoms with Crippen molar-refractivity contribution in [3.8, 4) is 0 Å². The number of furan rings is 1. The summed E-state index contributed by atoms with van der Waals surface area (Å²) in [5.41, 5.74) is 7.69. The van der Waals surface area contributed by atoms with Crippen LogP contribution in [-0.4, -0.2) is 11.8 Å². The number of carbonyl (C=O) groups is 2. The molecule has 1 atom stereocenters. The number of hydrogen-bond acceptors (Lipinski definition) is 3. The first-order chi connectivity index (χ1) is 11.0. The molecule has 2 amide bonds. The van der Waals surface area contributed by atoms with E-state index in [1.54, 1.807) is 24.3 Å². The second kappa shape index (κ2) is 5.86. The topological polar surface area (TPSA) is 85.3 Å². The zero-order valence-corrected chi connectivity index (χ0v) is 13.6. The highest BCUT2D eigenvalue weighted by atomic mass is 31.0. The maximum Gasteiger partial charge on any atom is 0.286 e. The highest BCUT2D eigenvalue weighted by molar-refractivity contribution is 7.27. The number of amides is 2. The molecule has 3 N–H and O–H groups in total. The van der Waals surface area contributed by atoms with Crippen molar-refractivity contribution in [2.45, 2.75) is 6.92 Å². The van der Waals surface area contributed by atoms with Gasteiger partial charge < -0.3 is 15.5 Å². The number of anilines is 1. The Bertz CT molecular complexity index is 913. The lowest BCUT2D eigenvalue weighted by atomic mass is 10.1. The summed E-state index contributed by atoms with van der Waals surface area (Å²) in [6.07, 6.45) is 0. The Labute approximate surface area is 135 Å². The summed E-state index contributed by atoms with van der Waals surface area (Å²) in [4.78, 5) is 24.0. The first-order valence-corrected chi connectivity index (χ1v) is 7.53. The van der Waals surface area contributed by atoms with E-state index in [-0.39, 0.29) is 11.7 Å². The number of rotatable bonds is 3. The number of carbonyl (C=O) groups excluding carboxylic acids is 2. The van der Waals surface area contributed by atoms with Gasteiger partial charge in [-0.1, -0.05) is 23.8 Å². The number of nitrogens with one attached hydrogen (secondary N) is 1. The van der Waals surface area contributed by atoms with Gasteiger partial charge in [0, 0.05) is 10.9 Å². The average Bonchev–Trinajstić information content (AvgIpc) is 2.86. The van der Waals surface area contributed by atoms with Gasteiger partial charge in [0.1, 0.15) is 11.3 Å². The second-order valence-electron chi connectivity index (χ2n) is 5.25. The molecule has 0 saturated carbocycles. The van der Waals surface area contributed by atoms with E-state index in [4.69, 9.17) is 10.2 Å². The molecule has 0 bridgehead atoms. The monoisotopic (exact) mass is 326 g/mol. The van der Waals surface area contributed by atoms with Crippen molar-refractivity contribution >= 4 is 43.0 Å². The van der Waals surface area contributed by atoms with E-state index in [1.165, 1.54) is 0 Å². The number of fused-ring (bicyclic) bond motifs is 1. The van der Waals surface area contributed by atoms with E-state index in [0.717, 1.165) is 10.9 Å². The van der Waals surface area contributed by atoms with Crippen LogP contribution in [-0.2, 0) is 0 Å². The normalized spacial score (nSPS) is 10.7. The van der Waals surface area contributed by atoms with E-state index >= 15 is 0 Å². The summed E-state index contributed by atoms with van der Waals surface area (Å²) in [5.74, 6) is -1.12. The molecule has 0 fully saturated rings. The third-order valence-electron chi connectivity index (χ3n) is 3.49. The molecule has 116 valence electrons. The molecule has 5 nitrogen and oxygen atoms in total. The molecule has 0 aliphatic rings. The van der Waals surface area contributed by atoms with Gasteiger partial charge in [-0.15, -0.1) is 9.24 Å². The van der Waals surface area contributed by atoms with Crippen molar-refractivity contribution in [1.29, 1.82) is 0 Å². The third kappa shape index (κ3) is 2.96. The Balaban J connectivity index is 2.04. The molecule has 1 unspecified atom stereocenters. The lowest BCUT2D eigenvalue weighted by Gasteiger charge is -2.05. The van der Waals surface area contributed by atoms with Crippen LogP contribution in [0.25, 0.3) is 11.0 Å². The van der Waals surface area contributed by atoms with Crippen LogP contribution in [0.2, 0.25) is 0 Å². The van der Waals surface area contributed by atoms with Crippen molar-refractivity contribution in [2.75, 3.05) is 5.32 Å². The molecule has 3 aromatic rings. The number of aryl methyl sites for hydroxylation is 1. The molecule has 1 heterocycles. The maximum absolute atomic E-state index is 12.4. The number of hydrogen-bond donors (Lipinski definition) is 2. The van der Waals surface area contributed by atoms with E-state index in [2.05, 4.69) is 14.6 Å². The van der Waals surface area contributed by atoms with Crippen molar-refractivity contribution in [2.24, 2.45) is 5.73 Å². The molecule has 6 heteroatoms. The van der Waals surface area contributed by atoms with Gasteiger partial charge in [-0.25, -0.2) is 0 Å². The van der Waals surface area contributed by atoms with Crippen LogP contribution in [0.5, 0.6) is 0 Å². The quantitative estimate of drug-likeness (QED) is 0.726. The Morgan fingerprint density at radius 1 is 1.13 bits per heavy atom. The Kier molecular flexibility index (Phi) is 3.89. The molecule has 3 rings (SSSR count). The number of benzene rings is 2. The Morgan fingerprint density at radius 2 is 1.83 bits per heavy atom. The molecule has 0 aliphatic carbocycles. The molecule has 0 spiro atoms. The Morgan fingerprint density at radius 3 is 2.48 bits per heavy atom. The smallest absolute Gasteiger partial charge is 0.286 e. The van der Waals surface area contributed by atoms with Crippen molar-refractivity contribution in [1.82, 2.24) is 0 Å². The molecule has 0 aliphatic heterocycles. The first-order valence-electron chi connectivity index (χ1n) is 6.95. The predicted molar refractivity (Wildman–Crippen MR) is 93.2 cm³/mol. The van der Waals surface area contributed by atoms with Crippen LogP contribution in [0.4, 0.5) is 5.69 Å². The minimum absolute atomic E-state index is 0.0592. The fourth-order valence-electron chi connectivity index (χ4n) is 2.30. The summed E-state index contributed by atoms with van der Waals surface area (Å²) < 4.78 is 5.49. The maximum atomic E-state index is 12.4. The molecular formula is C17H15N2O3P. The van der Waals surface area contributed by atoms with Crippen LogP contribution in [0, 0.1) is 6.92 Å². The van der Waals surface area contributed by atoms with Gasteiger partial charge in [-0.2, -0.15) is 0 Å². The predicted octanol–water partition coefficient (Wildman–Crippen LogP) is 2.59. The minimum atomic E-state index is -0.731. The van der Waals surface area contributed by atoms with Gasteiger partial charge in [0.2, 0.25) is 5.76 Å². The largest absolute Gasteiger partial charge is 0.449 e. The average molecular weight is 326 g/mol. The summed E-state index contributed by atoms with van der Waals surface area (Å²) in [6, 6.07) is 12.5. The van der Waals surface area contributed by atoms with Crippen LogP contribution in [0.15, 0.2) is 46.9 Å². The van der Waals surface area contributed by atoms with Crippen LogP contribution in [0.3, 0.4) is 0 Å². The van der Waals surface area contributed by atoms with E-state index in [9.17, 15) is 9.59 Å². The summed E-state index contributed by atoms with van der Waals surface area (Å²) in [5, 5.41) is 4.26. The van der Waals surface area contributed by atoms with Gasteiger partial charge in [0.15, 0.2) is 0 Å². The molecule has 1 aromatic heterocycles. The second-order valence-corrected chi connectivity index (χ2v) is 5.91. The third-order valence-corrected chi connectivity index (χ3v) is 3.85. The van der Waals surface area contributed by atoms with E-state index < -0.39 is 5.91 Å². The van der Waals surface area contributed by atoms with Gasteiger partial charge in [0.05, 0.1) is 0 Å². The Hall–Kier alpha value is -2.65. The fraction of sp³-hybridized carbons (Fsp3) is 0.0588. The number of primary amides is 1. The van der Waals surface area contributed by atoms with Gasteiger partial charge in [-0.05, 0) is 36.5 Å². The van der Waals surface area contributed by atoms with Crippen LogP contribution >= 0.6 is 9.24 Å². The standard InChI is InChI=1S/C17H15N2O3P/c1-9-2-4-10(5-3-9)17(21)19-14-12-7-6-11(23)8-13(12)22-15(14)16(18)20/h2-8H,23H2,1H3,(H2,18,20)(H,19,21). The summed E-state index contributed by atoms with van der Waals surface area (Å²) >= 11 is 0. The molecule has 23 heavy (non-hydrogen) atoms. The van der Waals surface area contributed by atoms with Crippen LogP contribution < -0.4 is 16.4 Å². The van der Waals surface area contributed by atoms with Crippen molar-refractivity contribution < 1.29 is 14.0 Å². The zero-order chi connectivity index (χ0) is 16.6. The SMILES string of the molecule is Cc1ccc(C(=O)Nc2c(C(N)=O)oc3cc(P)ccc23)cc1. The summed E-state index contributed by atoms with van der Waals surface area (Å²) in [6.45, 7) is 1.94. The molecule has 0 radical (unpaired) electrons. The van der Waals surface area contributed by atoms with Gasteiger partial charge >= 0.3 is 0 Å². The van der Waals surface area contributed by atoms with E-state index in [1.807, 2.05) is 25.1 Å². The fourth-order valence-corrected chi connectivity index (χ4v) is 2.55. The summed E-state index contributed by atoms with van der Waals surface area (Å²) in [7, 11) is 2.54. The molecular weight excluding hydrogens is 311 g/mol. The number of nitrogens with two attached hydrogens (primary N) is 1. The lowest BCUT2D eigenvalue weighted by Crippen LogP contribution is -2.17. The first kappa shape index (κ1) is 15.3. The van der Waals surface area contributed by atoms with Gasteiger partial charge in [0.25, 0.3) is 11.8 Å². The van der Waals surface area contributed by atoms with Gasteiger partial charge in [-0.3, -0.25) is 9.59 Å². The van der Waals surface area contributed by atoms with Crippen molar-refractivity contribution in [3.63, 3.8) is 0 Å². The molecule has 2 aromatic carbocycles. The highest BCUT2D eigenvalue weighted by Crippen LogP contribution is 2.30. The van der Waals surface area contributed by atoms with Crippen LogP contribution in [0.1, 0.15) is 26.5 Å². The van der Waals surface area contributed by atoms with Crippen molar-refractivity contribution in [3.05, 3.63) is 59.4 Å². The van der Waals surface area contributed by atoms with E-state index in [0.29, 0.717) is 22.2 Å². The zero-order valence-electron chi connectivity index (χ0n) is 12.4. The highest BCUT2D eigenvalue weighted by Gasteiger charge is 2.21. The lowest BCUT2D eigenvalue weighted by molar-refractivity contribution is 0.0977. The minimum Gasteiger partial charge on any atom is -0.449 e.